The summed E-state index contributed by atoms with van der Waals surface area (Å²) in [5.41, 5.74) is 5.71. The number of aryl methyl sites for hydroxylation is 1. The maximum atomic E-state index is 11.8. The number of rotatable bonds is 3. The number of carbonyl (C=O) groups is 2. The van der Waals surface area contributed by atoms with E-state index in [1.807, 2.05) is 44.2 Å². The molecule has 0 fully saturated rings. The number of hydrogen-bond acceptors (Lipinski definition) is 3. The molecule has 26 heavy (non-hydrogen) atoms. The van der Waals surface area contributed by atoms with Crippen LogP contribution in [-0.2, 0) is 9.59 Å². The fraction of sp³-hybridized carbons (Fsp3) is 0.316. The van der Waals surface area contributed by atoms with Crippen molar-refractivity contribution in [2.24, 2.45) is 5.10 Å². The van der Waals surface area contributed by atoms with Gasteiger partial charge in [0.2, 0.25) is 0 Å². The van der Waals surface area contributed by atoms with Crippen molar-refractivity contribution in [1.29, 1.82) is 0 Å². The van der Waals surface area contributed by atoms with Crippen molar-refractivity contribution >= 4 is 34.0 Å². The molecule has 2 amide bonds. The molecule has 0 bridgehead atoms. The quantitative estimate of drug-likeness (QED) is 0.456. The third kappa shape index (κ3) is 5.05. The predicted molar refractivity (Wildman–Crippen MR) is 107 cm³/mol. The smallest absolute Gasteiger partial charge is 0.329 e. The summed E-state index contributed by atoms with van der Waals surface area (Å²) in [5, 5.41) is 6.49. The fourth-order valence-electron chi connectivity index (χ4n) is 2.51. The number of amides is 2. The third-order valence-electron chi connectivity index (χ3n) is 3.62. The molecule has 0 atom stereocenters. The lowest BCUT2D eigenvalue weighted by molar-refractivity contribution is -0.140. The first-order valence-electron chi connectivity index (χ1n) is 8.19. The predicted octanol–water partition coefficient (Wildman–Crippen LogP) is 3.22. The Morgan fingerprint density at radius 2 is 1.73 bits per heavy atom. The van der Waals surface area contributed by atoms with Gasteiger partial charge in [0.05, 0.1) is 6.21 Å². The molecule has 7 heteroatoms. The molecule has 2 N–H and O–H groups in total. The number of hydrogen-bond donors (Lipinski definition) is 2. The number of nitrogens with one attached hydrogen (secondary N) is 2. The molecule has 0 aliphatic heterocycles. The molecule has 0 unspecified atom stereocenters. The fourth-order valence-corrected chi connectivity index (χ4v) is 2.78. The first-order chi connectivity index (χ1) is 12.1. The number of benzene rings is 1. The van der Waals surface area contributed by atoms with Gasteiger partial charge in [-0.25, -0.2) is 5.43 Å². The second kappa shape index (κ2) is 7.86. The second-order valence-corrected chi connectivity index (χ2v) is 7.96. The van der Waals surface area contributed by atoms with Crippen molar-refractivity contribution in [2.75, 3.05) is 0 Å². The molecule has 0 aliphatic rings. The highest BCUT2D eigenvalue weighted by Gasteiger charge is 2.19. The van der Waals surface area contributed by atoms with Gasteiger partial charge in [-0.2, -0.15) is 5.10 Å². The minimum absolute atomic E-state index is 0.478. The van der Waals surface area contributed by atoms with Crippen LogP contribution in [0.5, 0.6) is 0 Å². The number of aromatic nitrogens is 1. The Labute approximate surface area is 161 Å². The van der Waals surface area contributed by atoms with Crippen LogP contribution in [0.2, 0.25) is 0 Å². The van der Waals surface area contributed by atoms with Crippen LogP contribution in [0.1, 0.15) is 37.7 Å². The Hall–Kier alpha value is -2.41. The monoisotopic (exact) mass is 418 g/mol. The normalized spacial score (nSPS) is 11.6. The second-order valence-electron chi connectivity index (χ2n) is 7.04. The Morgan fingerprint density at radius 3 is 2.31 bits per heavy atom. The van der Waals surface area contributed by atoms with Gasteiger partial charge >= 0.3 is 11.8 Å². The maximum Gasteiger partial charge on any atom is 0.329 e. The van der Waals surface area contributed by atoms with Gasteiger partial charge in [-0.15, -0.1) is 0 Å². The molecule has 2 rings (SSSR count). The summed E-state index contributed by atoms with van der Waals surface area (Å²) in [7, 11) is 0. The molecule has 0 saturated heterocycles. The number of carbonyl (C=O) groups excluding carboxylic acids is 2. The Balaban J connectivity index is 2.12. The SMILES string of the molecule is Cc1cc(/C=N\NC(=O)C(=O)NC(C)(C)C)c(C)n1-c1ccc(Br)cc1. The van der Waals surface area contributed by atoms with E-state index in [1.54, 1.807) is 27.0 Å². The standard InChI is InChI=1S/C19H23BrN4O2/c1-12-10-14(11-21-23-18(26)17(25)22-19(3,4)5)13(2)24(12)16-8-6-15(20)7-9-16/h6-11H,1-5H3,(H,22,25)(H,23,26)/b21-11-. The van der Waals surface area contributed by atoms with Gasteiger partial charge < -0.3 is 9.88 Å². The van der Waals surface area contributed by atoms with Gasteiger partial charge in [0, 0.05) is 32.7 Å². The van der Waals surface area contributed by atoms with Crippen LogP contribution < -0.4 is 10.7 Å². The molecule has 0 radical (unpaired) electrons. The lowest BCUT2D eigenvalue weighted by Gasteiger charge is -2.19. The van der Waals surface area contributed by atoms with E-state index >= 15 is 0 Å². The average Bonchev–Trinajstić information content (AvgIpc) is 2.81. The molecule has 2 aromatic rings. The molecule has 138 valence electrons. The average molecular weight is 419 g/mol. The topological polar surface area (TPSA) is 75.5 Å². The lowest BCUT2D eigenvalue weighted by atomic mass is 10.1. The minimum atomic E-state index is -0.794. The molecular weight excluding hydrogens is 396 g/mol. The summed E-state index contributed by atoms with van der Waals surface area (Å²) in [6.45, 7) is 9.39. The summed E-state index contributed by atoms with van der Waals surface area (Å²) >= 11 is 3.43. The summed E-state index contributed by atoms with van der Waals surface area (Å²) in [6.07, 6.45) is 1.54. The Kier molecular flexibility index (Phi) is 6.02. The highest BCUT2D eigenvalue weighted by atomic mass is 79.9. The van der Waals surface area contributed by atoms with Crippen LogP contribution in [0.15, 0.2) is 39.9 Å². The van der Waals surface area contributed by atoms with Gasteiger partial charge in [-0.3, -0.25) is 9.59 Å². The van der Waals surface area contributed by atoms with Gasteiger partial charge in [0.15, 0.2) is 0 Å². The van der Waals surface area contributed by atoms with Crippen LogP contribution in [0, 0.1) is 13.8 Å². The van der Waals surface area contributed by atoms with E-state index in [4.69, 9.17) is 0 Å². The molecule has 1 aromatic carbocycles. The summed E-state index contributed by atoms with van der Waals surface area (Å²) in [5.74, 6) is -1.51. The van der Waals surface area contributed by atoms with E-state index in [1.165, 1.54) is 0 Å². The van der Waals surface area contributed by atoms with Gasteiger partial charge in [-0.1, -0.05) is 15.9 Å². The van der Waals surface area contributed by atoms with Crippen molar-refractivity contribution in [1.82, 2.24) is 15.3 Å². The van der Waals surface area contributed by atoms with E-state index in [-0.39, 0.29) is 0 Å². The highest BCUT2D eigenvalue weighted by molar-refractivity contribution is 9.10. The largest absolute Gasteiger partial charge is 0.343 e. The third-order valence-corrected chi connectivity index (χ3v) is 4.15. The van der Waals surface area contributed by atoms with E-state index in [9.17, 15) is 9.59 Å². The van der Waals surface area contributed by atoms with Crippen LogP contribution >= 0.6 is 15.9 Å². The first kappa shape index (κ1) is 19.9. The maximum absolute atomic E-state index is 11.8. The van der Waals surface area contributed by atoms with E-state index in [0.29, 0.717) is 0 Å². The molecule has 1 heterocycles. The summed E-state index contributed by atoms with van der Waals surface area (Å²) in [4.78, 5) is 23.5. The van der Waals surface area contributed by atoms with Crippen molar-refractivity contribution in [3.05, 3.63) is 51.8 Å². The van der Waals surface area contributed by atoms with Gasteiger partial charge in [0.25, 0.3) is 0 Å². The molecule has 1 aromatic heterocycles. The van der Waals surface area contributed by atoms with Crippen LogP contribution in [0.25, 0.3) is 5.69 Å². The lowest BCUT2D eigenvalue weighted by Crippen LogP contribution is -2.47. The molecule has 0 saturated carbocycles. The molecule has 0 aliphatic carbocycles. The van der Waals surface area contributed by atoms with Crippen molar-refractivity contribution in [3.8, 4) is 5.69 Å². The van der Waals surface area contributed by atoms with Crippen molar-refractivity contribution < 1.29 is 9.59 Å². The summed E-state index contributed by atoms with van der Waals surface area (Å²) < 4.78 is 3.11. The van der Waals surface area contributed by atoms with Crippen LogP contribution in [0.3, 0.4) is 0 Å². The molecular formula is C19H23BrN4O2. The summed E-state index contributed by atoms with van der Waals surface area (Å²) in [6, 6.07) is 9.97. The van der Waals surface area contributed by atoms with Crippen molar-refractivity contribution in [2.45, 2.75) is 40.2 Å². The zero-order chi connectivity index (χ0) is 19.5. The zero-order valence-corrected chi connectivity index (χ0v) is 17.1. The van der Waals surface area contributed by atoms with E-state index in [0.717, 1.165) is 27.1 Å². The zero-order valence-electron chi connectivity index (χ0n) is 15.6. The van der Waals surface area contributed by atoms with E-state index < -0.39 is 17.4 Å². The Bertz CT molecular complexity index is 846. The number of nitrogens with zero attached hydrogens (tertiary/aromatic N) is 2. The van der Waals surface area contributed by atoms with Crippen LogP contribution in [-0.4, -0.2) is 28.1 Å². The minimum Gasteiger partial charge on any atom is -0.343 e. The molecule has 0 spiro atoms. The highest BCUT2D eigenvalue weighted by Crippen LogP contribution is 2.21. The van der Waals surface area contributed by atoms with Crippen molar-refractivity contribution in [3.63, 3.8) is 0 Å². The van der Waals surface area contributed by atoms with Crippen LogP contribution in [0.4, 0.5) is 0 Å². The first-order valence-corrected chi connectivity index (χ1v) is 8.98. The molecule has 6 nitrogen and oxygen atoms in total. The van der Waals surface area contributed by atoms with Gasteiger partial charge in [-0.05, 0) is 65.0 Å². The van der Waals surface area contributed by atoms with E-state index in [2.05, 4.69) is 36.3 Å². The Morgan fingerprint density at radius 1 is 1.12 bits per heavy atom. The number of hydrazone groups is 1. The van der Waals surface area contributed by atoms with Gasteiger partial charge in [0.1, 0.15) is 0 Å². The number of halogens is 1.